The van der Waals surface area contributed by atoms with Crippen molar-refractivity contribution < 1.29 is 9.90 Å². The Morgan fingerprint density at radius 3 is 2.63 bits per heavy atom. The molecular weight excluding hydrogens is 355 g/mol. The number of nitrogens with one attached hydrogen (secondary N) is 1. The van der Waals surface area contributed by atoms with Gasteiger partial charge in [-0.3, -0.25) is 4.79 Å². The largest absolute Gasteiger partial charge is 0.507 e. The minimum absolute atomic E-state index is 0.117. The smallest absolute Gasteiger partial charge is 0.251 e. The van der Waals surface area contributed by atoms with E-state index < -0.39 is 5.54 Å². The summed E-state index contributed by atoms with van der Waals surface area (Å²) in [6.07, 6.45) is 0.811. The highest BCUT2D eigenvalue weighted by molar-refractivity contribution is 14.1. The van der Waals surface area contributed by atoms with E-state index in [0.29, 0.717) is 18.0 Å². The lowest BCUT2D eigenvalue weighted by atomic mass is 9.90. The number of amides is 1. The van der Waals surface area contributed by atoms with Gasteiger partial charge in [0.25, 0.3) is 5.91 Å². The molecule has 1 atom stereocenters. The van der Waals surface area contributed by atoms with Crippen LogP contribution in [0.4, 0.5) is 0 Å². The molecule has 0 heterocycles. The Morgan fingerprint density at radius 2 is 2.16 bits per heavy atom. The van der Waals surface area contributed by atoms with Crippen LogP contribution < -0.4 is 11.1 Å². The van der Waals surface area contributed by atoms with Gasteiger partial charge in [0, 0.05) is 17.6 Å². The van der Waals surface area contributed by atoms with Crippen molar-refractivity contribution in [2.45, 2.75) is 32.7 Å². The molecule has 0 saturated carbocycles. The van der Waals surface area contributed by atoms with Crippen molar-refractivity contribution in [3.8, 4) is 5.75 Å². The third kappa shape index (κ3) is 4.65. The van der Waals surface area contributed by atoms with Crippen molar-refractivity contribution in [3.63, 3.8) is 0 Å². The van der Waals surface area contributed by atoms with E-state index in [-0.39, 0.29) is 11.7 Å². The molecule has 0 saturated heterocycles. The number of halogens is 1. The molecule has 1 rings (SSSR count). The standard InChI is InChI=1S/C14H21IN2O2/c1-9(2)7-14(3,8-16)17-13(19)10-4-5-11(15)12(18)6-10/h4-6,9,18H,7-8,16H2,1-3H3,(H,17,19). The monoisotopic (exact) mass is 376 g/mol. The van der Waals surface area contributed by atoms with Crippen LogP contribution in [0.2, 0.25) is 0 Å². The molecule has 0 aliphatic heterocycles. The minimum Gasteiger partial charge on any atom is -0.507 e. The fourth-order valence-electron chi connectivity index (χ4n) is 2.09. The maximum atomic E-state index is 12.2. The first-order valence-electron chi connectivity index (χ1n) is 6.28. The Balaban J connectivity index is 2.85. The highest BCUT2D eigenvalue weighted by Gasteiger charge is 2.26. The van der Waals surface area contributed by atoms with Crippen LogP contribution in [0, 0.1) is 9.49 Å². The summed E-state index contributed by atoms with van der Waals surface area (Å²) in [5, 5.41) is 12.6. The Bertz CT molecular complexity index is 463. The molecule has 19 heavy (non-hydrogen) atoms. The average molecular weight is 376 g/mol. The second kappa shape index (κ2) is 6.56. The molecule has 0 radical (unpaired) electrons. The topological polar surface area (TPSA) is 75.3 Å². The predicted molar refractivity (Wildman–Crippen MR) is 85.2 cm³/mol. The van der Waals surface area contributed by atoms with Crippen LogP contribution >= 0.6 is 22.6 Å². The van der Waals surface area contributed by atoms with E-state index in [1.54, 1.807) is 12.1 Å². The van der Waals surface area contributed by atoms with Crippen molar-refractivity contribution in [3.05, 3.63) is 27.3 Å². The molecule has 1 amide bonds. The summed E-state index contributed by atoms with van der Waals surface area (Å²) >= 11 is 2.01. The molecule has 0 spiro atoms. The predicted octanol–water partition coefficient (Wildman–Crippen LogP) is 2.49. The van der Waals surface area contributed by atoms with Gasteiger partial charge in [-0.05, 0) is 60.1 Å². The summed E-state index contributed by atoms with van der Waals surface area (Å²) in [6, 6.07) is 4.89. The van der Waals surface area contributed by atoms with Gasteiger partial charge in [-0.15, -0.1) is 0 Å². The zero-order chi connectivity index (χ0) is 14.6. The lowest BCUT2D eigenvalue weighted by molar-refractivity contribution is 0.0898. The number of carbonyl (C=O) groups is 1. The summed E-state index contributed by atoms with van der Waals surface area (Å²) in [5.41, 5.74) is 5.79. The fraction of sp³-hybridized carbons (Fsp3) is 0.500. The summed E-state index contributed by atoms with van der Waals surface area (Å²) in [7, 11) is 0. The van der Waals surface area contributed by atoms with Gasteiger partial charge in [-0.2, -0.15) is 0 Å². The molecule has 1 unspecified atom stereocenters. The highest BCUT2D eigenvalue weighted by atomic mass is 127. The van der Waals surface area contributed by atoms with Gasteiger partial charge in [-0.25, -0.2) is 0 Å². The molecule has 5 heteroatoms. The molecule has 0 fully saturated rings. The van der Waals surface area contributed by atoms with Crippen LogP contribution in [-0.2, 0) is 0 Å². The van der Waals surface area contributed by atoms with E-state index in [4.69, 9.17) is 5.73 Å². The summed E-state index contributed by atoms with van der Waals surface area (Å²) in [4.78, 5) is 12.2. The van der Waals surface area contributed by atoms with Gasteiger partial charge in [0.05, 0.1) is 3.57 Å². The van der Waals surface area contributed by atoms with Crippen molar-refractivity contribution >= 4 is 28.5 Å². The number of rotatable bonds is 5. The van der Waals surface area contributed by atoms with Crippen molar-refractivity contribution in [2.75, 3.05) is 6.54 Å². The second-order valence-corrected chi connectivity index (χ2v) is 6.65. The molecule has 106 valence electrons. The number of aromatic hydroxyl groups is 1. The Hall–Kier alpha value is -0.820. The van der Waals surface area contributed by atoms with E-state index in [0.717, 1.165) is 9.99 Å². The zero-order valence-corrected chi connectivity index (χ0v) is 13.7. The second-order valence-electron chi connectivity index (χ2n) is 5.48. The van der Waals surface area contributed by atoms with Crippen molar-refractivity contribution in [1.29, 1.82) is 0 Å². The van der Waals surface area contributed by atoms with Gasteiger partial charge >= 0.3 is 0 Å². The molecule has 0 aromatic heterocycles. The molecule has 1 aromatic carbocycles. The lowest BCUT2D eigenvalue weighted by Gasteiger charge is -2.31. The maximum Gasteiger partial charge on any atom is 0.251 e. The van der Waals surface area contributed by atoms with E-state index in [2.05, 4.69) is 19.2 Å². The van der Waals surface area contributed by atoms with Gasteiger partial charge < -0.3 is 16.2 Å². The first kappa shape index (κ1) is 16.2. The lowest BCUT2D eigenvalue weighted by Crippen LogP contribution is -2.52. The van der Waals surface area contributed by atoms with E-state index in [1.165, 1.54) is 6.07 Å². The fourth-order valence-corrected chi connectivity index (χ4v) is 2.42. The Morgan fingerprint density at radius 1 is 1.53 bits per heavy atom. The average Bonchev–Trinajstić information content (AvgIpc) is 2.31. The van der Waals surface area contributed by atoms with Gasteiger partial charge in [-0.1, -0.05) is 13.8 Å². The Kier molecular flexibility index (Phi) is 5.61. The summed E-state index contributed by atoms with van der Waals surface area (Å²) in [5.74, 6) is 0.353. The molecule has 0 aliphatic rings. The number of phenols is 1. The van der Waals surface area contributed by atoms with Gasteiger partial charge in [0.15, 0.2) is 0 Å². The summed E-state index contributed by atoms with van der Waals surface area (Å²) in [6.45, 7) is 6.51. The number of hydrogen-bond donors (Lipinski definition) is 3. The zero-order valence-electron chi connectivity index (χ0n) is 11.5. The van der Waals surface area contributed by atoms with Crippen LogP contribution in [0.1, 0.15) is 37.6 Å². The van der Waals surface area contributed by atoms with E-state index in [1.807, 2.05) is 29.5 Å². The van der Waals surface area contributed by atoms with Gasteiger partial charge in [0.1, 0.15) is 5.75 Å². The maximum absolute atomic E-state index is 12.2. The number of phenolic OH excluding ortho intramolecular Hbond substituents is 1. The van der Waals surface area contributed by atoms with E-state index in [9.17, 15) is 9.90 Å². The Labute approximate surface area is 127 Å². The molecule has 1 aromatic rings. The van der Waals surface area contributed by atoms with Crippen LogP contribution in [-0.4, -0.2) is 23.1 Å². The molecule has 4 N–H and O–H groups in total. The third-order valence-corrected chi connectivity index (χ3v) is 3.85. The van der Waals surface area contributed by atoms with E-state index >= 15 is 0 Å². The van der Waals surface area contributed by atoms with Crippen molar-refractivity contribution in [1.82, 2.24) is 5.32 Å². The molecular formula is C14H21IN2O2. The first-order valence-corrected chi connectivity index (χ1v) is 7.36. The number of nitrogens with two attached hydrogens (primary N) is 1. The number of carbonyl (C=O) groups excluding carboxylic acids is 1. The summed E-state index contributed by atoms with van der Waals surface area (Å²) < 4.78 is 0.720. The SMILES string of the molecule is CC(C)CC(C)(CN)NC(=O)c1ccc(I)c(O)c1. The third-order valence-electron chi connectivity index (χ3n) is 2.93. The molecule has 0 aliphatic carbocycles. The minimum atomic E-state index is -0.427. The van der Waals surface area contributed by atoms with Crippen LogP contribution in [0.3, 0.4) is 0 Å². The molecule has 4 nitrogen and oxygen atoms in total. The number of benzene rings is 1. The van der Waals surface area contributed by atoms with Crippen LogP contribution in [0.25, 0.3) is 0 Å². The van der Waals surface area contributed by atoms with Gasteiger partial charge in [0.2, 0.25) is 0 Å². The quantitative estimate of drug-likeness (QED) is 0.692. The normalized spacial score (nSPS) is 14.2. The first-order chi connectivity index (χ1) is 8.77. The van der Waals surface area contributed by atoms with Crippen molar-refractivity contribution in [2.24, 2.45) is 11.7 Å². The number of hydrogen-bond acceptors (Lipinski definition) is 3. The van der Waals surface area contributed by atoms with Crippen LogP contribution in [0.15, 0.2) is 18.2 Å². The highest BCUT2D eigenvalue weighted by Crippen LogP contribution is 2.21. The van der Waals surface area contributed by atoms with Crippen LogP contribution in [0.5, 0.6) is 5.75 Å². The molecule has 0 bridgehead atoms.